The molecule has 1 rings (SSSR count). The molecule has 0 bridgehead atoms. The molecule has 1 aromatic carbocycles. The number of benzene rings is 1. The van der Waals surface area contributed by atoms with Crippen LogP contribution in [-0.2, 0) is 4.79 Å². The van der Waals surface area contributed by atoms with E-state index in [0.717, 1.165) is 0 Å². The van der Waals surface area contributed by atoms with E-state index < -0.39 is 24.2 Å². The highest BCUT2D eigenvalue weighted by molar-refractivity contribution is 9.10. The van der Waals surface area contributed by atoms with Crippen LogP contribution in [0.25, 0.3) is 0 Å². The molecule has 0 saturated carbocycles. The van der Waals surface area contributed by atoms with Crippen molar-refractivity contribution < 1.29 is 18.0 Å². The van der Waals surface area contributed by atoms with Crippen molar-refractivity contribution in [3.8, 4) is 6.07 Å². The number of nitrogens with zero attached hydrogens (tertiary/aromatic N) is 1. The maximum Gasteiger partial charge on any atom is 0.407 e. The lowest BCUT2D eigenvalue weighted by Crippen LogP contribution is -2.49. The summed E-state index contributed by atoms with van der Waals surface area (Å²) in [6.07, 6.45) is -4.34. The number of nitrogens with one attached hydrogen (secondary N) is 2. The predicted octanol–water partition coefficient (Wildman–Crippen LogP) is 3.70. The van der Waals surface area contributed by atoms with Crippen molar-refractivity contribution in [1.82, 2.24) is 10.6 Å². The summed E-state index contributed by atoms with van der Waals surface area (Å²) in [5.74, 6) is -0.610. The number of rotatable bonds is 7. The topological polar surface area (TPSA) is 64.9 Å². The maximum absolute atomic E-state index is 13.5. The summed E-state index contributed by atoms with van der Waals surface area (Å²) in [7, 11) is 0. The Morgan fingerprint density at radius 3 is 2.54 bits per heavy atom. The molecule has 0 heterocycles. The molecule has 4 nitrogen and oxygen atoms in total. The van der Waals surface area contributed by atoms with Crippen molar-refractivity contribution in [2.75, 3.05) is 6.54 Å². The van der Waals surface area contributed by atoms with Crippen LogP contribution < -0.4 is 10.6 Å². The van der Waals surface area contributed by atoms with Gasteiger partial charge in [0.25, 0.3) is 0 Å². The first-order valence-corrected chi connectivity index (χ1v) is 8.17. The van der Waals surface area contributed by atoms with Gasteiger partial charge in [-0.05, 0) is 30.0 Å². The van der Waals surface area contributed by atoms with Crippen molar-refractivity contribution in [3.05, 3.63) is 34.3 Å². The second-order valence-electron chi connectivity index (χ2n) is 5.75. The van der Waals surface area contributed by atoms with E-state index in [4.69, 9.17) is 5.26 Å². The van der Waals surface area contributed by atoms with Gasteiger partial charge in [0.15, 0.2) is 0 Å². The number of carbonyl (C=O) groups is 1. The molecule has 0 fully saturated rings. The highest BCUT2D eigenvalue weighted by atomic mass is 79.9. The van der Waals surface area contributed by atoms with Crippen LogP contribution in [0.5, 0.6) is 0 Å². The van der Waals surface area contributed by atoms with Gasteiger partial charge < -0.3 is 5.32 Å². The summed E-state index contributed by atoms with van der Waals surface area (Å²) in [5, 5.41) is 13.3. The van der Waals surface area contributed by atoms with Crippen molar-refractivity contribution in [2.24, 2.45) is 5.92 Å². The first kappa shape index (κ1) is 20.5. The number of alkyl halides is 3. The molecule has 1 unspecified atom stereocenters. The molecule has 0 radical (unpaired) electrons. The monoisotopic (exact) mass is 405 g/mol. The van der Waals surface area contributed by atoms with Crippen LogP contribution >= 0.6 is 15.9 Å². The first-order chi connectivity index (χ1) is 11.1. The van der Waals surface area contributed by atoms with Gasteiger partial charge in [-0.3, -0.25) is 10.1 Å². The van der Waals surface area contributed by atoms with Crippen LogP contribution in [0.4, 0.5) is 13.2 Å². The van der Waals surface area contributed by atoms with E-state index in [1.54, 1.807) is 12.1 Å². The standard InChI is InChI=1S/C16H19BrF3N3O/c1-10(2)8-13(15(24)22-7-6-21)23-14(16(18,19)20)11-4-3-5-12(17)9-11/h3-5,9-10,13-14,23H,7-8H2,1-2H3,(H,22,24)/t13-,14?/m0/s1. The summed E-state index contributed by atoms with van der Waals surface area (Å²) in [6.45, 7) is 3.38. The Balaban J connectivity index is 3.07. The Morgan fingerprint density at radius 1 is 1.38 bits per heavy atom. The fourth-order valence-corrected chi connectivity index (χ4v) is 2.66. The minimum Gasteiger partial charge on any atom is -0.342 e. The largest absolute Gasteiger partial charge is 0.407 e. The van der Waals surface area contributed by atoms with E-state index in [9.17, 15) is 18.0 Å². The third-order valence-corrected chi connectivity index (χ3v) is 3.74. The molecule has 8 heteroatoms. The lowest BCUT2D eigenvalue weighted by Gasteiger charge is -2.28. The van der Waals surface area contributed by atoms with Crippen molar-refractivity contribution in [1.29, 1.82) is 5.26 Å². The van der Waals surface area contributed by atoms with Gasteiger partial charge >= 0.3 is 6.18 Å². The van der Waals surface area contributed by atoms with Crippen LogP contribution in [-0.4, -0.2) is 24.7 Å². The number of nitriles is 1. The Hall–Kier alpha value is -1.59. The highest BCUT2D eigenvalue weighted by Gasteiger charge is 2.42. The molecule has 24 heavy (non-hydrogen) atoms. The third kappa shape index (κ3) is 6.49. The molecule has 0 aliphatic heterocycles. The second kappa shape index (κ2) is 9.04. The van der Waals surface area contributed by atoms with E-state index in [-0.39, 0.29) is 24.4 Å². The van der Waals surface area contributed by atoms with Gasteiger partial charge in [-0.15, -0.1) is 0 Å². The zero-order valence-corrected chi connectivity index (χ0v) is 14.9. The summed E-state index contributed by atoms with van der Waals surface area (Å²) in [5.41, 5.74) is 0.0127. The Morgan fingerprint density at radius 2 is 2.04 bits per heavy atom. The molecule has 0 saturated heterocycles. The molecule has 0 aromatic heterocycles. The molecule has 0 aliphatic carbocycles. The van der Waals surface area contributed by atoms with Crippen LogP contribution in [0.3, 0.4) is 0 Å². The average molecular weight is 406 g/mol. The lowest BCUT2D eigenvalue weighted by atomic mass is 9.99. The Labute approximate surface area is 147 Å². The fraction of sp³-hybridized carbons (Fsp3) is 0.500. The molecule has 1 aromatic rings. The van der Waals surface area contributed by atoms with Crippen LogP contribution in [0, 0.1) is 17.2 Å². The van der Waals surface area contributed by atoms with E-state index in [2.05, 4.69) is 26.6 Å². The summed E-state index contributed by atoms with van der Waals surface area (Å²) in [4.78, 5) is 12.1. The van der Waals surface area contributed by atoms with Crippen LogP contribution in [0.1, 0.15) is 31.9 Å². The smallest absolute Gasteiger partial charge is 0.342 e. The summed E-state index contributed by atoms with van der Waals surface area (Å²) < 4.78 is 41.0. The number of carbonyl (C=O) groups excluding carboxylic acids is 1. The number of halogens is 4. The molecule has 132 valence electrons. The molecular formula is C16H19BrF3N3O. The van der Waals surface area contributed by atoms with Crippen LogP contribution in [0.2, 0.25) is 0 Å². The summed E-state index contributed by atoms with van der Waals surface area (Å²) >= 11 is 3.16. The van der Waals surface area contributed by atoms with Gasteiger partial charge in [0.1, 0.15) is 12.6 Å². The van der Waals surface area contributed by atoms with Gasteiger partial charge in [-0.1, -0.05) is 41.9 Å². The van der Waals surface area contributed by atoms with Gasteiger partial charge in [0.2, 0.25) is 5.91 Å². The van der Waals surface area contributed by atoms with Crippen molar-refractivity contribution in [3.63, 3.8) is 0 Å². The molecular weight excluding hydrogens is 387 g/mol. The van der Waals surface area contributed by atoms with Crippen molar-refractivity contribution in [2.45, 2.75) is 38.5 Å². The zero-order valence-electron chi connectivity index (χ0n) is 13.3. The molecule has 2 atom stereocenters. The van der Waals surface area contributed by atoms with Crippen LogP contribution in [0.15, 0.2) is 28.7 Å². The third-order valence-electron chi connectivity index (χ3n) is 3.24. The first-order valence-electron chi connectivity index (χ1n) is 7.38. The Kier molecular flexibility index (Phi) is 7.70. The average Bonchev–Trinajstić information content (AvgIpc) is 2.47. The quantitative estimate of drug-likeness (QED) is 0.679. The van der Waals surface area contributed by atoms with Gasteiger partial charge in [-0.2, -0.15) is 18.4 Å². The highest BCUT2D eigenvalue weighted by Crippen LogP contribution is 2.34. The van der Waals surface area contributed by atoms with E-state index in [0.29, 0.717) is 4.47 Å². The molecule has 2 N–H and O–H groups in total. The van der Waals surface area contributed by atoms with Gasteiger partial charge in [0.05, 0.1) is 12.1 Å². The predicted molar refractivity (Wildman–Crippen MR) is 87.9 cm³/mol. The maximum atomic E-state index is 13.5. The minimum absolute atomic E-state index is 0.00623. The normalized spacial score (nSPS) is 14.1. The minimum atomic E-state index is -4.56. The SMILES string of the molecule is CC(C)C[C@H](NC(c1cccc(Br)c1)C(F)(F)F)C(=O)NCC#N. The lowest BCUT2D eigenvalue weighted by molar-refractivity contribution is -0.161. The number of hydrogen-bond donors (Lipinski definition) is 2. The van der Waals surface area contributed by atoms with E-state index in [1.807, 2.05) is 13.8 Å². The number of amides is 1. The molecule has 0 spiro atoms. The van der Waals surface area contributed by atoms with Gasteiger partial charge in [-0.25, -0.2) is 0 Å². The zero-order chi connectivity index (χ0) is 18.3. The van der Waals surface area contributed by atoms with E-state index in [1.165, 1.54) is 18.2 Å². The molecule has 0 aliphatic rings. The summed E-state index contributed by atoms with van der Waals surface area (Å²) in [6, 6.07) is 4.57. The van der Waals surface area contributed by atoms with Gasteiger partial charge in [0, 0.05) is 4.47 Å². The molecule has 1 amide bonds. The van der Waals surface area contributed by atoms with E-state index >= 15 is 0 Å². The Bertz CT molecular complexity index is 599. The second-order valence-corrected chi connectivity index (χ2v) is 6.67. The van der Waals surface area contributed by atoms with Crippen molar-refractivity contribution >= 4 is 21.8 Å². The fourth-order valence-electron chi connectivity index (χ4n) is 2.24. The number of hydrogen-bond acceptors (Lipinski definition) is 3.